The predicted molar refractivity (Wildman–Crippen MR) is 77.4 cm³/mol. The van der Waals surface area contributed by atoms with Gasteiger partial charge < -0.3 is 10.4 Å². The lowest BCUT2D eigenvalue weighted by Crippen LogP contribution is -2.27. The van der Waals surface area contributed by atoms with E-state index in [1.807, 2.05) is 26.0 Å². The first-order valence-corrected chi connectivity index (χ1v) is 7.95. The van der Waals surface area contributed by atoms with Gasteiger partial charge in [-0.15, -0.1) is 0 Å². The van der Waals surface area contributed by atoms with Gasteiger partial charge in [0.1, 0.15) is 5.75 Å². The van der Waals surface area contributed by atoms with Crippen LogP contribution in [0.1, 0.15) is 30.0 Å². The molecule has 102 valence electrons. The first-order valence-electron chi connectivity index (χ1n) is 6.22. The van der Waals surface area contributed by atoms with Crippen LogP contribution in [-0.2, 0) is 17.3 Å². The van der Waals surface area contributed by atoms with E-state index in [1.54, 1.807) is 6.26 Å². The standard InChI is InChI=1S/C14H23NO2S/c1-10-7-13(8-11(2)14(10)16)9-15-12(3)5-6-18(4)17/h7-8,12,15-16H,5-6,9H2,1-4H3. The molecule has 3 nitrogen and oxygen atoms in total. The molecule has 2 atom stereocenters. The number of nitrogens with one attached hydrogen (secondary N) is 1. The minimum atomic E-state index is -0.718. The Labute approximate surface area is 112 Å². The molecule has 1 aromatic carbocycles. The third-order valence-corrected chi connectivity index (χ3v) is 3.85. The topological polar surface area (TPSA) is 49.3 Å². The third kappa shape index (κ3) is 4.78. The Morgan fingerprint density at radius 1 is 1.33 bits per heavy atom. The van der Waals surface area contributed by atoms with Crippen LogP contribution < -0.4 is 5.32 Å². The van der Waals surface area contributed by atoms with Gasteiger partial charge in [0.15, 0.2) is 0 Å². The van der Waals surface area contributed by atoms with Crippen LogP contribution in [0.2, 0.25) is 0 Å². The average Bonchev–Trinajstić information content (AvgIpc) is 2.30. The lowest BCUT2D eigenvalue weighted by Gasteiger charge is -2.14. The fourth-order valence-corrected chi connectivity index (χ4v) is 2.57. The van der Waals surface area contributed by atoms with Crippen LogP contribution in [0.5, 0.6) is 5.75 Å². The minimum absolute atomic E-state index is 0.350. The molecule has 0 amide bonds. The molecule has 0 spiro atoms. The highest BCUT2D eigenvalue weighted by atomic mass is 32.2. The summed E-state index contributed by atoms with van der Waals surface area (Å²) in [5.41, 5.74) is 3.00. The maximum Gasteiger partial charge on any atom is 0.121 e. The van der Waals surface area contributed by atoms with Gasteiger partial charge in [-0.2, -0.15) is 0 Å². The van der Waals surface area contributed by atoms with Gasteiger partial charge in [-0.3, -0.25) is 4.21 Å². The second kappa shape index (κ2) is 6.90. The molecule has 0 aromatic heterocycles. The highest BCUT2D eigenvalue weighted by molar-refractivity contribution is 7.84. The summed E-state index contributed by atoms with van der Waals surface area (Å²) in [6.07, 6.45) is 2.65. The molecule has 0 aliphatic heterocycles. The Morgan fingerprint density at radius 3 is 2.39 bits per heavy atom. The fourth-order valence-electron chi connectivity index (χ4n) is 1.88. The molecule has 1 rings (SSSR count). The van der Waals surface area contributed by atoms with Gasteiger partial charge >= 0.3 is 0 Å². The van der Waals surface area contributed by atoms with Crippen molar-refractivity contribution in [1.29, 1.82) is 0 Å². The van der Waals surface area contributed by atoms with Crippen LogP contribution in [-0.4, -0.2) is 27.4 Å². The van der Waals surface area contributed by atoms with E-state index >= 15 is 0 Å². The van der Waals surface area contributed by atoms with Crippen molar-refractivity contribution in [3.63, 3.8) is 0 Å². The van der Waals surface area contributed by atoms with Gasteiger partial charge in [0.25, 0.3) is 0 Å². The van der Waals surface area contributed by atoms with E-state index in [2.05, 4.69) is 12.2 Å². The molecule has 0 bridgehead atoms. The molecule has 1 aromatic rings. The second-order valence-electron chi connectivity index (χ2n) is 4.93. The Bertz CT molecular complexity index is 409. The van der Waals surface area contributed by atoms with Crippen molar-refractivity contribution in [2.75, 3.05) is 12.0 Å². The van der Waals surface area contributed by atoms with Crippen LogP contribution in [0.15, 0.2) is 12.1 Å². The van der Waals surface area contributed by atoms with Gasteiger partial charge in [-0.05, 0) is 43.9 Å². The van der Waals surface area contributed by atoms with Crippen LogP contribution in [0.3, 0.4) is 0 Å². The fraction of sp³-hybridized carbons (Fsp3) is 0.571. The summed E-state index contributed by atoms with van der Waals surface area (Å²) >= 11 is 0. The number of hydrogen-bond donors (Lipinski definition) is 2. The maximum absolute atomic E-state index is 11.0. The SMILES string of the molecule is Cc1cc(CNC(C)CCS(C)=O)cc(C)c1O. The van der Waals surface area contributed by atoms with Crippen molar-refractivity contribution >= 4 is 10.8 Å². The molecule has 2 N–H and O–H groups in total. The molecule has 0 saturated heterocycles. The second-order valence-corrected chi connectivity index (χ2v) is 6.48. The molecular weight excluding hydrogens is 246 g/mol. The highest BCUT2D eigenvalue weighted by Crippen LogP contribution is 2.22. The van der Waals surface area contributed by atoms with Crippen molar-refractivity contribution in [2.45, 2.75) is 39.8 Å². The highest BCUT2D eigenvalue weighted by Gasteiger charge is 2.06. The lowest BCUT2D eigenvalue weighted by molar-refractivity contribution is 0.466. The summed E-state index contributed by atoms with van der Waals surface area (Å²) in [7, 11) is -0.718. The van der Waals surface area contributed by atoms with Gasteiger partial charge in [-0.1, -0.05) is 12.1 Å². The molecule has 0 saturated carbocycles. The van der Waals surface area contributed by atoms with Gasteiger partial charge in [0.05, 0.1) is 0 Å². The van der Waals surface area contributed by atoms with Gasteiger partial charge in [0.2, 0.25) is 0 Å². The lowest BCUT2D eigenvalue weighted by atomic mass is 10.1. The summed E-state index contributed by atoms with van der Waals surface area (Å²) in [6, 6.07) is 4.35. The monoisotopic (exact) mass is 269 g/mol. The first-order chi connectivity index (χ1) is 8.40. The van der Waals surface area contributed by atoms with Crippen molar-refractivity contribution in [3.05, 3.63) is 28.8 Å². The number of hydrogen-bond acceptors (Lipinski definition) is 3. The van der Waals surface area contributed by atoms with E-state index in [9.17, 15) is 9.32 Å². The van der Waals surface area contributed by atoms with E-state index < -0.39 is 10.8 Å². The summed E-state index contributed by atoms with van der Waals surface area (Å²) in [5, 5.41) is 13.1. The molecule has 0 radical (unpaired) electrons. The van der Waals surface area contributed by atoms with Gasteiger partial charge in [0, 0.05) is 35.4 Å². The number of aromatic hydroxyl groups is 1. The zero-order chi connectivity index (χ0) is 13.7. The summed E-state index contributed by atoms with van der Waals surface area (Å²) in [5.74, 6) is 1.12. The Kier molecular flexibility index (Phi) is 5.82. The largest absolute Gasteiger partial charge is 0.507 e. The Balaban J connectivity index is 2.51. The molecule has 18 heavy (non-hydrogen) atoms. The van der Waals surface area contributed by atoms with E-state index in [1.165, 1.54) is 5.56 Å². The van der Waals surface area contributed by atoms with Crippen LogP contribution in [0.25, 0.3) is 0 Å². The number of phenolic OH excluding ortho intramolecular Hbond substituents is 1. The zero-order valence-corrected chi connectivity index (χ0v) is 12.4. The van der Waals surface area contributed by atoms with Crippen molar-refractivity contribution in [2.24, 2.45) is 0 Å². The normalized spacial score (nSPS) is 14.4. The smallest absolute Gasteiger partial charge is 0.121 e. The molecule has 4 heteroatoms. The van der Waals surface area contributed by atoms with Crippen molar-refractivity contribution in [1.82, 2.24) is 5.32 Å². The van der Waals surface area contributed by atoms with Crippen LogP contribution >= 0.6 is 0 Å². The molecule has 0 aliphatic rings. The van der Waals surface area contributed by atoms with Crippen LogP contribution in [0, 0.1) is 13.8 Å². The number of rotatable bonds is 6. The van der Waals surface area contributed by atoms with E-state index in [0.29, 0.717) is 11.8 Å². The summed E-state index contributed by atoms with van der Waals surface area (Å²) in [6.45, 7) is 6.71. The van der Waals surface area contributed by atoms with E-state index in [0.717, 1.165) is 29.8 Å². The maximum atomic E-state index is 11.0. The van der Waals surface area contributed by atoms with E-state index in [4.69, 9.17) is 0 Å². The predicted octanol–water partition coefficient (Wildman–Crippen LogP) is 2.26. The van der Waals surface area contributed by atoms with Gasteiger partial charge in [-0.25, -0.2) is 0 Å². The quantitative estimate of drug-likeness (QED) is 0.833. The van der Waals surface area contributed by atoms with Crippen molar-refractivity contribution < 1.29 is 9.32 Å². The molecule has 0 fully saturated rings. The summed E-state index contributed by atoms with van der Waals surface area (Å²) < 4.78 is 11.0. The van der Waals surface area contributed by atoms with Crippen LogP contribution in [0.4, 0.5) is 0 Å². The number of aryl methyl sites for hydroxylation is 2. The molecular formula is C14H23NO2S. The number of benzene rings is 1. The minimum Gasteiger partial charge on any atom is -0.507 e. The summed E-state index contributed by atoms with van der Waals surface area (Å²) in [4.78, 5) is 0. The third-order valence-electron chi connectivity index (χ3n) is 3.04. The molecule has 0 aliphatic carbocycles. The average molecular weight is 269 g/mol. The van der Waals surface area contributed by atoms with Crippen molar-refractivity contribution in [3.8, 4) is 5.75 Å². The Hall–Kier alpha value is -0.870. The molecule has 2 unspecified atom stereocenters. The molecule has 0 heterocycles. The van der Waals surface area contributed by atoms with E-state index in [-0.39, 0.29) is 0 Å². The number of phenols is 1. The Morgan fingerprint density at radius 2 is 1.89 bits per heavy atom. The zero-order valence-electron chi connectivity index (χ0n) is 11.6. The first kappa shape index (κ1) is 15.2.